The molecule has 0 radical (unpaired) electrons. The van der Waals surface area contributed by atoms with Crippen LogP contribution in [0.3, 0.4) is 0 Å². The number of nitrogens with zero attached hydrogens (tertiary/aromatic N) is 3. The SMILES string of the molecule is CC(N)C1CCCCN1c1nc(C(F)(F)F)ccc1C#N. The van der Waals surface area contributed by atoms with Crippen LogP contribution in [-0.4, -0.2) is 23.6 Å². The molecule has 114 valence electrons. The van der Waals surface area contributed by atoms with Gasteiger partial charge in [-0.1, -0.05) is 0 Å². The van der Waals surface area contributed by atoms with Crippen LogP contribution in [-0.2, 0) is 6.18 Å². The summed E-state index contributed by atoms with van der Waals surface area (Å²) in [6.45, 7) is 2.39. The Morgan fingerprint density at radius 2 is 2.14 bits per heavy atom. The van der Waals surface area contributed by atoms with Gasteiger partial charge >= 0.3 is 6.18 Å². The first kappa shape index (κ1) is 15.6. The van der Waals surface area contributed by atoms with Gasteiger partial charge in [0.2, 0.25) is 0 Å². The largest absolute Gasteiger partial charge is 0.433 e. The Balaban J connectivity index is 2.47. The van der Waals surface area contributed by atoms with E-state index in [1.165, 1.54) is 6.07 Å². The summed E-state index contributed by atoms with van der Waals surface area (Å²) in [6, 6.07) is 3.64. The molecule has 1 saturated heterocycles. The average molecular weight is 298 g/mol. The normalized spacial score (nSPS) is 21.0. The van der Waals surface area contributed by atoms with E-state index in [-0.39, 0.29) is 23.5 Å². The van der Waals surface area contributed by atoms with Gasteiger partial charge in [-0.3, -0.25) is 0 Å². The van der Waals surface area contributed by atoms with Crippen LogP contribution in [0.1, 0.15) is 37.4 Å². The van der Waals surface area contributed by atoms with Crippen LogP contribution in [0.2, 0.25) is 0 Å². The summed E-state index contributed by atoms with van der Waals surface area (Å²) in [5.41, 5.74) is 5.10. The third-order valence-corrected chi connectivity index (χ3v) is 3.71. The van der Waals surface area contributed by atoms with Gasteiger partial charge in [0.05, 0.1) is 5.56 Å². The molecule has 7 heteroatoms. The Morgan fingerprint density at radius 3 is 2.71 bits per heavy atom. The van der Waals surface area contributed by atoms with Crippen molar-refractivity contribution in [2.75, 3.05) is 11.4 Å². The molecule has 0 saturated carbocycles. The second-order valence-electron chi connectivity index (χ2n) is 5.29. The highest BCUT2D eigenvalue weighted by molar-refractivity contribution is 5.55. The van der Waals surface area contributed by atoms with Gasteiger partial charge in [0.1, 0.15) is 17.6 Å². The number of nitriles is 1. The maximum atomic E-state index is 12.8. The number of hydrogen-bond donors (Lipinski definition) is 1. The summed E-state index contributed by atoms with van der Waals surface area (Å²) in [6.07, 6.45) is -1.90. The van der Waals surface area contributed by atoms with Crippen LogP contribution in [0, 0.1) is 11.3 Å². The van der Waals surface area contributed by atoms with Crippen molar-refractivity contribution in [3.8, 4) is 6.07 Å². The van der Waals surface area contributed by atoms with Gasteiger partial charge in [-0.2, -0.15) is 18.4 Å². The minimum absolute atomic E-state index is 0.0920. The molecule has 0 aliphatic carbocycles. The van der Waals surface area contributed by atoms with Crippen LogP contribution in [0.15, 0.2) is 12.1 Å². The molecular weight excluding hydrogens is 281 g/mol. The zero-order valence-electron chi connectivity index (χ0n) is 11.7. The lowest BCUT2D eigenvalue weighted by Gasteiger charge is -2.39. The first-order valence-electron chi connectivity index (χ1n) is 6.85. The van der Waals surface area contributed by atoms with Crippen LogP contribution in [0.5, 0.6) is 0 Å². The number of aromatic nitrogens is 1. The molecule has 0 aromatic carbocycles. The van der Waals surface area contributed by atoms with E-state index in [1.807, 2.05) is 13.0 Å². The molecule has 2 atom stereocenters. The highest BCUT2D eigenvalue weighted by Crippen LogP contribution is 2.33. The number of hydrogen-bond acceptors (Lipinski definition) is 4. The molecule has 0 amide bonds. The lowest BCUT2D eigenvalue weighted by atomic mass is 9.96. The third kappa shape index (κ3) is 3.27. The number of piperidine rings is 1. The summed E-state index contributed by atoms with van der Waals surface area (Å²) < 4.78 is 38.5. The van der Waals surface area contributed by atoms with Crippen molar-refractivity contribution in [2.24, 2.45) is 5.73 Å². The molecular formula is C14H17F3N4. The third-order valence-electron chi connectivity index (χ3n) is 3.71. The van der Waals surface area contributed by atoms with Gasteiger partial charge in [-0.05, 0) is 38.3 Å². The van der Waals surface area contributed by atoms with E-state index in [2.05, 4.69) is 4.98 Å². The summed E-state index contributed by atoms with van der Waals surface area (Å²) in [5.74, 6) is 0.0920. The number of alkyl halides is 3. The fourth-order valence-corrected chi connectivity index (χ4v) is 2.68. The lowest BCUT2D eigenvalue weighted by molar-refractivity contribution is -0.141. The van der Waals surface area contributed by atoms with Gasteiger partial charge in [0, 0.05) is 18.6 Å². The van der Waals surface area contributed by atoms with Gasteiger partial charge in [-0.25, -0.2) is 4.98 Å². The standard InChI is InChI=1S/C14H17F3N4/c1-9(19)11-4-2-3-7-21(11)13-10(8-18)5-6-12(20-13)14(15,16)17/h5-6,9,11H,2-4,7,19H2,1H3. The van der Waals surface area contributed by atoms with E-state index in [0.717, 1.165) is 25.3 Å². The molecule has 1 aromatic rings. The molecule has 1 aliphatic heterocycles. The Morgan fingerprint density at radius 1 is 1.43 bits per heavy atom. The molecule has 4 nitrogen and oxygen atoms in total. The molecule has 2 unspecified atom stereocenters. The number of rotatable bonds is 2. The predicted octanol–water partition coefficient (Wildman–Crippen LogP) is 2.68. The molecule has 0 bridgehead atoms. The van der Waals surface area contributed by atoms with Crippen LogP contribution < -0.4 is 10.6 Å². The minimum Gasteiger partial charge on any atom is -0.351 e. The number of anilines is 1. The second-order valence-corrected chi connectivity index (χ2v) is 5.29. The fourth-order valence-electron chi connectivity index (χ4n) is 2.68. The Kier molecular flexibility index (Phi) is 4.37. The van der Waals surface area contributed by atoms with Crippen molar-refractivity contribution in [3.05, 3.63) is 23.4 Å². The maximum Gasteiger partial charge on any atom is 0.433 e. The Labute approximate surface area is 121 Å². The summed E-state index contributed by atoms with van der Waals surface area (Å²) in [7, 11) is 0. The second kappa shape index (κ2) is 5.90. The summed E-state index contributed by atoms with van der Waals surface area (Å²) in [5, 5.41) is 9.14. The van der Waals surface area contributed by atoms with E-state index >= 15 is 0 Å². The molecule has 1 aliphatic rings. The molecule has 2 N–H and O–H groups in total. The number of halogens is 3. The molecule has 2 heterocycles. The van der Waals surface area contributed by atoms with Gasteiger partial charge in [-0.15, -0.1) is 0 Å². The zero-order valence-corrected chi connectivity index (χ0v) is 11.7. The highest BCUT2D eigenvalue weighted by atomic mass is 19.4. The van der Waals surface area contributed by atoms with Crippen LogP contribution in [0.25, 0.3) is 0 Å². The van der Waals surface area contributed by atoms with Gasteiger partial charge in [0.15, 0.2) is 0 Å². The van der Waals surface area contributed by atoms with Crippen molar-refractivity contribution in [3.63, 3.8) is 0 Å². The van der Waals surface area contributed by atoms with E-state index < -0.39 is 11.9 Å². The summed E-state index contributed by atoms with van der Waals surface area (Å²) >= 11 is 0. The Hall–Kier alpha value is -1.81. The average Bonchev–Trinajstić information content (AvgIpc) is 2.45. The van der Waals surface area contributed by atoms with E-state index in [0.29, 0.717) is 6.54 Å². The van der Waals surface area contributed by atoms with E-state index in [1.54, 1.807) is 4.90 Å². The van der Waals surface area contributed by atoms with E-state index in [9.17, 15) is 13.2 Å². The summed E-state index contributed by atoms with van der Waals surface area (Å²) in [4.78, 5) is 5.45. The number of pyridine rings is 1. The molecule has 1 fully saturated rings. The molecule has 21 heavy (non-hydrogen) atoms. The minimum atomic E-state index is -4.53. The molecule has 2 rings (SSSR count). The van der Waals surface area contributed by atoms with Crippen molar-refractivity contribution in [1.29, 1.82) is 5.26 Å². The quantitative estimate of drug-likeness (QED) is 0.911. The van der Waals surface area contributed by atoms with Crippen LogP contribution in [0.4, 0.5) is 19.0 Å². The first-order valence-corrected chi connectivity index (χ1v) is 6.85. The monoisotopic (exact) mass is 298 g/mol. The van der Waals surface area contributed by atoms with Crippen LogP contribution >= 0.6 is 0 Å². The van der Waals surface area contributed by atoms with Crippen molar-refractivity contribution in [1.82, 2.24) is 4.98 Å². The first-order chi connectivity index (χ1) is 9.84. The predicted molar refractivity (Wildman–Crippen MR) is 72.6 cm³/mol. The highest BCUT2D eigenvalue weighted by Gasteiger charge is 2.35. The van der Waals surface area contributed by atoms with Gasteiger partial charge < -0.3 is 10.6 Å². The van der Waals surface area contributed by atoms with Crippen molar-refractivity contribution in [2.45, 2.75) is 44.4 Å². The van der Waals surface area contributed by atoms with Gasteiger partial charge in [0.25, 0.3) is 0 Å². The smallest absolute Gasteiger partial charge is 0.351 e. The van der Waals surface area contributed by atoms with E-state index in [4.69, 9.17) is 11.0 Å². The van der Waals surface area contributed by atoms with Crippen molar-refractivity contribution < 1.29 is 13.2 Å². The maximum absolute atomic E-state index is 12.8. The molecule has 0 spiro atoms. The van der Waals surface area contributed by atoms with Crippen molar-refractivity contribution >= 4 is 5.82 Å². The lowest BCUT2D eigenvalue weighted by Crippen LogP contribution is -2.50. The number of nitrogens with two attached hydrogens (primary N) is 1. The topological polar surface area (TPSA) is 65.9 Å². The zero-order chi connectivity index (χ0) is 15.6. The Bertz CT molecular complexity index is 548. The fraction of sp³-hybridized carbons (Fsp3) is 0.571. The molecule has 1 aromatic heterocycles.